The van der Waals surface area contributed by atoms with Gasteiger partial charge in [0.15, 0.2) is 0 Å². The van der Waals surface area contributed by atoms with Gasteiger partial charge in [0.2, 0.25) is 0 Å². The van der Waals surface area contributed by atoms with E-state index in [-0.39, 0.29) is 6.03 Å². The molecule has 1 atom stereocenters. The van der Waals surface area contributed by atoms with Crippen LogP contribution in [-0.2, 0) is 4.74 Å². The van der Waals surface area contributed by atoms with E-state index in [1.807, 2.05) is 16.7 Å². The minimum absolute atomic E-state index is 0.172. The Hall–Kier alpha value is -0.770. The third-order valence-corrected chi connectivity index (χ3v) is 3.16. The lowest BCUT2D eigenvalue weighted by atomic mass is 10.1. The molecule has 0 aromatic rings. The third kappa shape index (κ3) is 3.67. The average molecular weight is 228 g/mol. The fourth-order valence-corrected chi connectivity index (χ4v) is 1.80. The maximum Gasteiger partial charge on any atom is 0.320 e. The second kappa shape index (κ2) is 6.74. The van der Waals surface area contributed by atoms with E-state index in [0.29, 0.717) is 19.1 Å². The largest absolute Gasteiger partial charge is 0.378 e. The predicted molar refractivity (Wildman–Crippen MR) is 64.5 cm³/mol. The lowest BCUT2D eigenvalue weighted by Gasteiger charge is -2.33. The first kappa shape index (κ1) is 13.3. The van der Waals surface area contributed by atoms with Crippen LogP contribution in [0.15, 0.2) is 0 Å². The average Bonchev–Trinajstić information content (AvgIpc) is 2.35. The van der Waals surface area contributed by atoms with Crippen molar-refractivity contribution < 1.29 is 9.53 Å². The molecule has 1 heterocycles. The van der Waals surface area contributed by atoms with E-state index in [1.54, 1.807) is 0 Å². The minimum atomic E-state index is 0.172. The smallest absolute Gasteiger partial charge is 0.320 e. The predicted octanol–water partition coefficient (Wildman–Crippen LogP) is 1.81. The normalized spacial score (nSPS) is 18.3. The van der Waals surface area contributed by atoms with E-state index in [2.05, 4.69) is 13.8 Å². The molecule has 1 saturated heterocycles. The fraction of sp³-hybridized carbons (Fsp3) is 0.917. The number of ether oxygens (including phenoxy) is 1. The number of amides is 2. The quantitative estimate of drug-likeness (QED) is 0.735. The molecule has 94 valence electrons. The molecule has 0 aliphatic carbocycles. The van der Waals surface area contributed by atoms with Crippen LogP contribution in [0, 0.1) is 5.92 Å². The highest BCUT2D eigenvalue weighted by Gasteiger charge is 2.22. The Morgan fingerprint density at radius 3 is 2.50 bits per heavy atom. The molecule has 1 rings (SSSR count). The molecule has 1 unspecified atom stereocenters. The van der Waals surface area contributed by atoms with Crippen molar-refractivity contribution >= 4 is 6.03 Å². The summed E-state index contributed by atoms with van der Waals surface area (Å²) >= 11 is 0. The molecule has 0 bridgehead atoms. The Labute approximate surface area is 98.5 Å². The number of morpholine rings is 1. The second-order valence-electron chi connectivity index (χ2n) is 4.43. The van der Waals surface area contributed by atoms with Gasteiger partial charge in [-0.05, 0) is 12.8 Å². The van der Waals surface area contributed by atoms with Gasteiger partial charge in [-0.1, -0.05) is 20.3 Å². The molecule has 1 aliphatic rings. The van der Waals surface area contributed by atoms with Gasteiger partial charge in [0.05, 0.1) is 13.2 Å². The molecule has 0 radical (unpaired) electrons. The molecular weight excluding hydrogens is 204 g/mol. The summed E-state index contributed by atoms with van der Waals surface area (Å²) in [7, 11) is 0. The van der Waals surface area contributed by atoms with Crippen LogP contribution in [0.4, 0.5) is 4.79 Å². The van der Waals surface area contributed by atoms with Crippen molar-refractivity contribution in [1.29, 1.82) is 0 Å². The molecule has 0 N–H and O–H groups in total. The van der Waals surface area contributed by atoms with Crippen LogP contribution in [0.1, 0.15) is 27.2 Å². The summed E-state index contributed by atoms with van der Waals surface area (Å²) in [5, 5.41) is 0. The summed E-state index contributed by atoms with van der Waals surface area (Å²) in [6.07, 6.45) is 1.12. The van der Waals surface area contributed by atoms with Crippen LogP contribution < -0.4 is 0 Å². The highest BCUT2D eigenvalue weighted by molar-refractivity contribution is 5.74. The molecule has 16 heavy (non-hydrogen) atoms. The Morgan fingerprint density at radius 2 is 2.00 bits per heavy atom. The van der Waals surface area contributed by atoms with Crippen LogP contribution in [0.2, 0.25) is 0 Å². The van der Waals surface area contributed by atoms with E-state index in [0.717, 1.165) is 32.6 Å². The minimum Gasteiger partial charge on any atom is -0.378 e. The number of nitrogens with zero attached hydrogens (tertiary/aromatic N) is 2. The molecule has 0 aromatic heterocycles. The zero-order chi connectivity index (χ0) is 12.0. The fourth-order valence-electron chi connectivity index (χ4n) is 1.80. The third-order valence-electron chi connectivity index (χ3n) is 3.16. The van der Waals surface area contributed by atoms with E-state index < -0.39 is 0 Å². The first-order chi connectivity index (χ1) is 7.69. The van der Waals surface area contributed by atoms with Crippen LogP contribution in [0.5, 0.6) is 0 Å². The molecule has 0 saturated carbocycles. The van der Waals surface area contributed by atoms with Gasteiger partial charge in [-0.2, -0.15) is 0 Å². The lowest BCUT2D eigenvalue weighted by Crippen LogP contribution is -2.49. The Morgan fingerprint density at radius 1 is 1.38 bits per heavy atom. The van der Waals surface area contributed by atoms with Crippen molar-refractivity contribution in [2.24, 2.45) is 5.92 Å². The first-order valence-electron chi connectivity index (χ1n) is 6.30. The molecule has 1 aliphatic heterocycles. The maximum absolute atomic E-state index is 12.2. The number of carbonyl (C=O) groups excluding carboxylic acids is 1. The Kier molecular flexibility index (Phi) is 5.60. The molecule has 4 nitrogen and oxygen atoms in total. The monoisotopic (exact) mass is 228 g/mol. The molecule has 1 fully saturated rings. The van der Waals surface area contributed by atoms with Crippen molar-refractivity contribution in [3.8, 4) is 0 Å². The van der Waals surface area contributed by atoms with Gasteiger partial charge in [-0.25, -0.2) is 4.79 Å². The van der Waals surface area contributed by atoms with Crippen LogP contribution in [-0.4, -0.2) is 55.2 Å². The highest BCUT2D eigenvalue weighted by Crippen LogP contribution is 2.08. The van der Waals surface area contributed by atoms with E-state index in [1.165, 1.54) is 0 Å². The van der Waals surface area contributed by atoms with Crippen molar-refractivity contribution in [3.63, 3.8) is 0 Å². The summed E-state index contributed by atoms with van der Waals surface area (Å²) in [6.45, 7) is 10.9. The molecule has 0 aromatic carbocycles. The van der Waals surface area contributed by atoms with E-state index >= 15 is 0 Å². The van der Waals surface area contributed by atoms with Crippen molar-refractivity contribution in [2.45, 2.75) is 27.2 Å². The van der Waals surface area contributed by atoms with Crippen LogP contribution in [0.3, 0.4) is 0 Å². The zero-order valence-corrected chi connectivity index (χ0v) is 10.7. The van der Waals surface area contributed by atoms with E-state index in [9.17, 15) is 4.79 Å². The number of hydrogen-bond acceptors (Lipinski definition) is 2. The summed E-state index contributed by atoms with van der Waals surface area (Å²) < 4.78 is 5.25. The number of urea groups is 1. The molecule has 2 amide bonds. The summed E-state index contributed by atoms with van der Waals surface area (Å²) in [6, 6.07) is 0.172. The van der Waals surface area contributed by atoms with Gasteiger partial charge in [0, 0.05) is 26.2 Å². The molecule has 4 heteroatoms. The van der Waals surface area contributed by atoms with Crippen molar-refractivity contribution in [1.82, 2.24) is 9.80 Å². The summed E-state index contributed by atoms with van der Waals surface area (Å²) in [5.74, 6) is 0.574. The summed E-state index contributed by atoms with van der Waals surface area (Å²) in [4.78, 5) is 16.0. The van der Waals surface area contributed by atoms with Gasteiger partial charge in [0.25, 0.3) is 0 Å². The lowest BCUT2D eigenvalue weighted by molar-refractivity contribution is 0.0426. The van der Waals surface area contributed by atoms with Gasteiger partial charge in [-0.3, -0.25) is 0 Å². The van der Waals surface area contributed by atoms with E-state index in [4.69, 9.17) is 4.74 Å². The highest BCUT2D eigenvalue weighted by atomic mass is 16.5. The Balaban J connectivity index is 2.47. The van der Waals surface area contributed by atoms with Crippen LogP contribution >= 0.6 is 0 Å². The second-order valence-corrected chi connectivity index (χ2v) is 4.43. The Bertz CT molecular complexity index is 215. The standard InChI is InChI=1S/C12H24N2O2/c1-4-11(3)10-13(5-2)12(15)14-6-8-16-9-7-14/h11H,4-10H2,1-3H3. The van der Waals surface area contributed by atoms with Gasteiger partial charge in [-0.15, -0.1) is 0 Å². The summed E-state index contributed by atoms with van der Waals surface area (Å²) in [5.41, 5.74) is 0. The molecular formula is C12H24N2O2. The SMILES string of the molecule is CCC(C)CN(CC)C(=O)N1CCOCC1. The number of hydrogen-bond donors (Lipinski definition) is 0. The number of rotatable bonds is 4. The first-order valence-corrected chi connectivity index (χ1v) is 6.30. The van der Waals surface area contributed by atoms with Gasteiger partial charge in [0.1, 0.15) is 0 Å². The van der Waals surface area contributed by atoms with Crippen molar-refractivity contribution in [2.75, 3.05) is 39.4 Å². The topological polar surface area (TPSA) is 32.8 Å². The maximum atomic E-state index is 12.2. The number of carbonyl (C=O) groups is 1. The zero-order valence-electron chi connectivity index (χ0n) is 10.7. The van der Waals surface area contributed by atoms with Crippen molar-refractivity contribution in [3.05, 3.63) is 0 Å². The van der Waals surface area contributed by atoms with Crippen LogP contribution in [0.25, 0.3) is 0 Å². The van der Waals surface area contributed by atoms with Gasteiger partial charge >= 0.3 is 6.03 Å². The molecule has 0 spiro atoms. The van der Waals surface area contributed by atoms with Gasteiger partial charge < -0.3 is 14.5 Å².